The third-order valence-electron chi connectivity index (χ3n) is 3.11. The third-order valence-corrected chi connectivity index (χ3v) is 3.11. The molecule has 0 heterocycles. The number of carboxylic acid groups (broad SMARTS) is 1. The van der Waals surface area contributed by atoms with Crippen LogP contribution < -0.4 is 0 Å². The Morgan fingerprint density at radius 2 is 2.14 bits per heavy atom. The zero-order chi connectivity index (χ0) is 10.8. The summed E-state index contributed by atoms with van der Waals surface area (Å²) in [4.78, 5) is 10.6. The maximum atomic E-state index is 10.6. The molecule has 0 radical (unpaired) electrons. The van der Waals surface area contributed by atoms with Gasteiger partial charge in [-0.25, -0.2) is 0 Å². The summed E-state index contributed by atoms with van der Waals surface area (Å²) in [5.74, 6) is -0.577. The van der Waals surface area contributed by atoms with Gasteiger partial charge in [0.25, 0.3) is 0 Å². The van der Waals surface area contributed by atoms with Gasteiger partial charge >= 0.3 is 5.97 Å². The molecule has 3 nitrogen and oxygen atoms in total. The van der Waals surface area contributed by atoms with Crippen LogP contribution >= 0.6 is 0 Å². The van der Waals surface area contributed by atoms with Crippen LogP contribution in [-0.2, 0) is 4.79 Å². The number of hydrogen-bond acceptors (Lipinski definition) is 2. The maximum Gasteiger partial charge on any atom is 0.306 e. The minimum atomic E-state index is -0.766. The molecule has 0 amide bonds. The SMILES string of the molecule is CCCC(C)CC1(O)CC(C(=O)O)C1. The molecule has 0 spiro atoms. The lowest BCUT2D eigenvalue weighted by Gasteiger charge is -2.43. The van der Waals surface area contributed by atoms with Gasteiger partial charge < -0.3 is 10.2 Å². The first-order valence-electron chi connectivity index (χ1n) is 5.42. The fraction of sp³-hybridized carbons (Fsp3) is 0.909. The lowest BCUT2D eigenvalue weighted by Crippen LogP contribution is -2.47. The molecule has 0 aromatic heterocycles. The van der Waals surface area contributed by atoms with E-state index in [4.69, 9.17) is 5.11 Å². The minimum Gasteiger partial charge on any atom is -0.481 e. The van der Waals surface area contributed by atoms with Crippen molar-refractivity contribution < 1.29 is 15.0 Å². The summed E-state index contributed by atoms with van der Waals surface area (Å²) in [6, 6.07) is 0. The number of rotatable bonds is 5. The van der Waals surface area contributed by atoms with Crippen molar-refractivity contribution in [1.29, 1.82) is 0 Å². The van der Waals surface area contributed by atoms with Crippen molar-refractivity contribution in [3.05, 3.63) is 0 Å². The largest absolute Gasteiger partial charge is 0.481 e. The van der Waals surface area contributed by atoms with Crippen LogP contribution in [0.2, 0.25) is 0 Å². The summed E-state index contributed by atoms with van der Waals surface area (Å²) >= 11 is 0. The van der Waals surface area contributed by atoms with Gasteiger partial charge in [-0.3, -0.25) is 4.79 Å². The highest BCUT2D eigenvalue weighted by Crippen LogP contribution is 2.42. The summed E-state index contributed by atoms with van der Waals surface area (Å²) < 4.78 is 0. The van der Waals surface area contributed by atoms with Crippen molar-refractivity contribution in [3.63, 3.8) is 0 Å². The molecule has 1 unspecified atom stereocenters. The summed E-state index contributed by atoms with van der Waals surface area (Å²) in [7, 11) is 0. The summed E-state index contributed by atoms with van der Waals surface area (Å²) in [5, 5.41) is 18.7. The van der Waals surface area contributed by atoms with Crippen molar-refractivity contribution in [3.8, 4) is 0 Å². The molecule has 3 heteroatoms. The normalized spacial score (nSPS) is 33.5. The average Bonchev–Trinajstić information content (AvgIpc) is 1.99. The topological polar surface area (TPSA) is 57.5 Å². The number of aliphatic carboxylic acids is 1. The molecule has 0 aromatic carbocycles. The van der Waals surface area contributed by atoms with Crippen molar-refractivity contribution in [1.82, 2.24) is 0 Å². The van der Waals surface area contributed by atoms with E-state index in [-0.39, 0.29) is 5.92 Å². The Morgan fingerprint density at radius 3 is 2.57 bits per heavy atom. The standard InChI is InChI=1S/C11H20O3/c1-3-4-8(2)5-11(14)6-9(7-11)10(12)13/h8-9,14H,3-7H2,1-2H3,(H,12,13). The third kappa shape index (κ3) is 2.71. The molecule has 1 saturated carbocycles. The van der Waals surface area contributed by atoms with Gasteiger partial charge in [0.1, 0.15) is 0 Å². The van der Waals surface area contributed by atoms with Crippen molar-refractivity contribution in [2.45, 2.75) is 51.6 Å². The van der Waals surface area contributed by atoms with E-state index in [1.807, 2.05) is 0 Å². The van der Waals surface area contributed by atoms with Gasteiger partial charge in [0.2, 0.25) is 0 Å². The van der Waals surface area contributed by atoms with Crippen LogP contribution in [0.3, 0.4) is 0 Å². The van der Waals surface area contributed by atoms with Crippen LogP contribution in [0.5, 0.6) is 0 Å². The molecule has 1 atom stereocenters. The summed E-state index contributed by atoms with van der Waals surface area (Å²) in [6.07, 6.45) is 3.87. The van der Waals surface area contributed by atoms with Gasteiger partial charge in [-0.2, -0.15) is 0 Å². The van der Waals surface area contributed by atoms with Crippen molar-refractivity contribution in [2.24, 2.45) is 11.8 Å². The number of carbonyl (C=O) groups is 1. The molecule has 1 rings (SSSR count). The second kappa shape index (κ2) is 4.30. The molecule has 1 fully saturated rings. The number of aliphatic hydroxyl groups is 1. The zero-order valence-corrected chi connectivity index (χ0v) is 8.99. The van der Waals surface area contributed by atoms with E-state index in [1.165, 1.54) is 0 Å². The molecule has 0 aliphatic heterocycles. The summed E-state index contributed by atoms with van der Waals surface area (Å²) in [5.41, 5.74) is -0.683. The predicted octanol–water partition coefficient (Wildman–Crippen LogP) is 2.04. The number of hydrogen-bond donors (Lipinski definition) is 2. The van der Waals surface area contributed by atoms with Gasteiger partial charge in [0.15, 0.2) is 0 Å². The average molecular weight is 200 g/mol. The highest BCUT2D eigenvalue weighted by atomic mass is 16.4. The van der Waals surface area contributed by atoms with E-state index < -0.39 is 11.6 Å². The molecule has 0 aromatic rings. The molecule has 14 heavy (non-hydrogen) atoms. The van der Waals surface area contributed by atoms with E-state index in [1.54, 1.807) is 0 Å². The Morgan fingerprint density at radius 1 is 1.57 bits per heavy atom. The van der Waals surface area contributed by atoms with Crippen LogP contribution in [-0.4, -0.2) is 21.8 Å². The minimum absolute atomic E-state index is 0.311. The second-order valence-electron chi connectivity index (χ2n) is 4.77. The van der Waals surface area contributed by atoms with E-state index >= 15 is 0 Å². The molecule has 1 aliphatic carbocycles. The van der Waals surface area contributed by atoms with Gasteiger partial charge in [-0.05, 0) is 25.2 Å². The lowest BCUT2D eigenvalue weighted by molar-refractivity contribution is -0.160. The Balaban J connectivity index is 2.30. The van der Waals surface area contributed by atoms with E-state index in [0.717, 1.165) is 19.3 Å². The first kappa shape index (κ1) is 11.5. The predicted molar refractivity (Wildman–Crippen MR) is 54.0 cm³/mol. The zero-order valence-electron chi connectivity index (χ0n) is 8.99. The molecule has 1 aliphatic rings. The van der Waals surface area contributed by atoms with Gasteiger partial charge in [-0.1, -0.05) is 26.7 Å². The highest BCUT2D eigenvalue weighted by Gasteiger charge is 2.46. The Kier molecular flexibility index (Phi) is 3.53. The number of carboxylic acids is 1. The highest BCUT2D eigenvalue weighted by molar-refractivity contribution is 5.71. The first-order chi connectivity index (χ1) is 6.47. The monoisotopic (exact) mass is 200 g/mol. The van der Waals surface area contributed by atoms with Gasteiger partial charge in [-0.15, -0.1) is 0 Å². The quantitative estimate of drug-likeness (QED) is 0.714. The van der Waals surface area contributed by atoms with Crippen LogP contribution in [0.1, 0.15) is 46.0 Å². The van der Waals surface area contributed by atoms with Crippen LogP contribution in [0.15, 0.2) is 0 Å². The Hall–Kier alpha value is -0.570. The van der Waals surface area contributed by atoms with E-state index in [0.29, 0.717) is 18.8 Å². The Bertz CT molecular complexity index is 207. The van der Waals surface area contributed by atoms with Crippen molar-refractivity contribution in [2.75, 3.05) is 0 Å². The van der Waals surface area contributed by atoms with Crippen LogP contribution in [0.4, 0.5) is 0 Å². The fourth-order valence-corrected chi connectivity index (χ4v) is 2.44. The van der Waals surface area contributed by atoms with Crippen molar-refractivity contribution >= 4 is 5.97 Å². The smallest absolute Gasteiger partial charge is 0.306 e. The van der Waals surface area contributed by atoms with Crippen LogP contribution in [0, 0.1) is 11.8 Å². The molecule has 2 N–H and O–H groups in total. The molecule has 0 saturated heterocycles. The molecular formula is C11H20O3. The van der Waals surface area contributed by atoms with Gasteiger partial charge in [0.05, 0.1) is 11.5 Å². The lowest BCUT2D eigenvalue weighted by atomic mass is 9.67. The van der Waals surface area contributed by atoms with E-state index in [9.17, 15) is 9.90 Å². The van der Waals surface area contributed by atoms with Gasteiger partial charge in [0, 0.05) is 0 Å². The fourth-order valence-electron chi connectivity index (χ4n) is 2.44. The van der Waals surface area contributed by atoms with E-state index in [2.05, 4.69) is 13.8 Å². The molecular weight excluding hydrogens is 180 g/mol. The molecule has 0 bridgehead atoms. The maximum absolute atomic E-state index is 10.6. The molecule has 82 valence electrons. The Labute approximate surface area is 85.1 Å². The summed E-state index contributed by atoms with van der Waals surface area (Å²) in [6.45, 7) is 4.25. The second-order valence-corrected chi connectivity index (χ2v) is 4.77. The first-order valence-corrected chi connectivity index (χ1v) is 5.42. The van der Waals surface area contributed by atoms with Crippen LogP contribution in [0.25, 0.3) is 0 Å².